The summed E-state index contributed by atoms with van der Waals surface area (Å²) in [5.74, 6) is 0. The topological polar surface area (TPSA) is 59.6 Å². The molecular formula is C19H22N2O3. The highest BCUT2D eigenvalue weighted by Crippen LogP contribution is 2.45. The molecule has 0 radical (unpaired) electrons. The van der Waals surface area contributed by atoms with E-state index in [1.54, 1.807) is 0 Å². The number of rotatable bonds is 6. The van der Waals surface area contributed by atoms with Crippen LogP contribution in [-0.2, 0) is 20.9 Å². The van der Waals surface area contributed by atoms with Gasteiger partial charge in [0.2, 0.25) is 11.4 Å². The molecule has 5 nitrogen and oxygen atoms in total. The van der Waals surface area contributed by atoms with E-state index >= 15 is 0 Å². The van der Waals surface area contributed by atoms with Crippen LogP contribution in [0.2, 0.25) is 0 Å². The molecule has 0 aliphatic carbocycles. The summed E-state index contributed by atoms with van der Waals surface area (Å²) in [6.45, 7) is 4.63. The van der Waals surface area contributed by atoms with Crippen molar-refractivity contribution in [3.05, 3.63) is 71.8 Å². The van der Waals surface area contributed by atoms with Crippen molar-refractivity contribution < 1.29 is 14.3 Å². The average molecular weight is 326 g/mol. The predicted molar refractivity (Wildman–Crippen MR) is 91.2 cm³/mol. The first-order valence-corrected chi connectivity index (χ1v) is 8.18. The summed E-state index contributed by atoms with van der Waals surface area (Å²) in [5, 5.41) is 5.92. The van der Waals surface area contributed by atoms with E-state index in [9.17, 15) is 4.79 Å². The minimum atomic E-state index is -1.16. The zero-order valence-electron chi connectivity index (χ0n) is 13.9. The lowest BCUT2D eigenvalue weighted by Crippen LogP contribution is -2.58. The van der Waals surface area contributed by atoms with E-state index < -0.39 is 11.4 Å². The number of ether oxygens (including phenoxy) is 2. The third-order valence-electron chi connectivity index (χ3n) is 4.16. The molecule has 126 valence electrons. The van der Waals surface area contributed by atoms with Crippen LogP contribution in [0.25, 0.3) is 0 Å². The molecule has 2 atom stereocenters. The molecule has 3 rings (SSSR count). The van der Waals surface area contributed by atoms with E-state index in [-0.39, 0.29) is 6.03 Å². The molecule has 1 aliphatic rings. The van der Waals surface area contributed by atoms with Gasteiger partial charge in [0.1, 0.15) is 0 Å². The number of hydrogen-bond donors (Lipinski definition) is 2. The van der Waals surface area contributed by atoms with Gasteiger partial charge >= 0.3 is 6.03 Å². The van der Waals surface area contributed by atoms with Gasteiger partial charge in [0.15, 0.2) is 0 Å². The summed E-state index contributed by atoms with van der Waals surface area (Å²) in [6, 6.07) is 18.9. The fourth-order valence-corrected chi connectivity index (χ4v) is 3.30. The first-order chi connectivity index (χ1) is 11.7. The molecule has 1 fully saturated rings. The van der Waals surface area contributed by atoms with Gasteiger partial charge in [-0.2, -0.15) is 0 Å². The number of urea groups is 1. The molecule has 24 heavy (non-hydrogen) atoms. The monoisotopic (exact) mass is 326 g/mol. The van der Waals surface area contributed by atoms with Crippen molar-refractivity contribution in [2.45, 2.75) is 25.3 Å². The molecule has 0 spiro atoms. The Morgan fingerprint density at radius 3 is 1.46 bits per heavy atom. The highest BCUT2D eigenvalue weighted by Gasteiger charge is 2.63. The van der Waals surface area contributed by atoms with Crippen LogP contribution in [0.3, 0.4) is 0 Å². The maximum absolute atomic E-state index is 12.4. The Balaban J connectivity index is 2.25. The second-order valence-corrected chi connectivity index (χ2v) is 5.54. The fraction of sp³-hybridized carbons (Fsp3) is 0.316. The number of carbonyl (C=O) groups excluding carboxylic acids is 1. The third kappa shape index (κ3) is 2.46. The molecule has 2 aromatic rings. The van der Waals surface area contributed by atoms with Crippen molar-refractivity contribution in [1.82, 2.24) is 10.6 Å². The molecule has 2 unspecified atom stereocenters. The van der Waals surface area contributed by atoms with Crippen molar-refractivity contribution in [3.8, 4) is 0 Å². The standard InChI is InChI=1S/C19H22N2O3/c1-3-23-18(15-11-7-5-8-12-15)19(24-4-2,21-17(22)20-18)16-13-9-6-10-14-16/h5-14H,3-4H2,1-2H3,(H2,20,21,22). The minimum absolute atomic E-state index is 0.329. The van der Waals surface area contributed by atoms with Crippen LogP contribution in [0.4, 0.5) is 4.79 Å². The van der Waals surface area contributed by atoms with Crippen molar-refractivity contribution in [3.63, 3.8) is 0 Å². The minimum Gasteiger partial charge on any atom is -0.347 e. The van der Waals surface area contributed by atoms with Crippen LogP contribution in [0, 0.1) is 0 Å². The summed E-state index contributed by atoms with van der Waals surface area (Å²) in [5.41, 5.74) is -0.667. The van der Waals surface area contributed by atoms with Gasteiger partial charge in [0, 0.05) is 24.3 Å². The molecule has 2 aromatic carbocycles. The van der Waals surface area contributed by atoms with Crippen LogP contribution in [0.15, 0.2) is 60.7 Å². The maximum atomic E-state index is 12.4. The maximum Gasteiger partial charge on any atom is 0.320 e. The molecule has 2 N–H and O–H groups in total. The second kappa shape index (κ2) is 6.63. The Bertz CT molecular complexity index is 633. The van der Waals surface area contributed by atoms with Gasteiger partial charge in [-0.3, -0.25) is 0 Å². The summed E-state index contributed by atoms with van der Waals surface area (Å²) in [6.07, 6.45) is 0. The van der Waals surface area contributed by atoms with Crippen molar-refractivity contribution in [1.29, 1.82) is 0 Å². The summed E-state index contributed by atoms with van der Waals surface area (Å²) in [4.78, 5) is 12.4. The molecule has 5 heteroatoms. The van der Waals surface area contributed by atoms with Crippen molar-refractivity contribution in [2.24, 2.45) is 0 Å². The first-order valence-electron chi connectivity index (χ1n) is 8.18. The number of nitrogens with one attached hydrogen (secondary N) is 2. The number of benzene rings is 2. The van der Waals surface area contributed by atoms with Gasteiger partial charge < -0.3 is 20.1 Å². The third-order valence-corrected chi connectivity index (χ3v) is 4.16. The van der Waals surface area contributed by atoms with Crippen molar-refractivity contribution in [2.75, 3.05) is 13.2 Å². The van der Waals surface area contributed by atoms with E-state index in [0.717, 1.165) is 11.1 Å². The normalized spacial score (nSPS) is 26.0. The number of hydrogen-bond acceptors (Lipinski definition) is 3. The summed E-state index contributed by atoms with van der Waals surface area (Å²) in [7, 11) is 0. The zero-order chi connectivity index (χ0) is 17.0. The highest BCUT2D eigenvalue weighted by molar-refractivity contribution is 5.80. The molecule has 1 aliphatic heterocycles. The van der Waals surface area contributed by atoms with Crippen LogP contribution in [0.1, 0.15) is 25.0 Å². The van der Waals surface area contributed by atoms with Gasteiger partial charge in [0.25, 0.3) is 0 Å². The SMILES string of the molecule is CCOC1(c2ccccc2)NC(=O)NC1(OCC)c1ccccc1. The van der Waals surface area contributed by atoms with Gasteiger partial charge in [-0.05, 0) is 13.8 Å². The number of carbonyl (C=O) groups is 1. The molecule has 1 heterocycles. The van der Waals surface area contributed by atoms with Crippen LogP contribution < -0.4 is 10.6 Å². The first kappa shape index (κ1) is 16.5. The largest absolute Gasteiger partial charge is 0.347 e. The second-order valence-electron chi connectivity index (χ2n) is 5.54. The number of amides is 2. The van der Waals surface area contributed by atoms with E-state index in [1.807, 2.05) is 74.5 Å². The average Bonchev–Trinajstić information content (AvgIpc) is 2.90. The Morgan fingerprint density at radius 2 is 1.12 bits per heavy atom. The molecule has 0 bridgehead atoms. The quantitative estimate of drug-likeness (QED) is 0.857. The van der Waals surface area contributed by atoms with Crippen LogP contribution in [-0.4, -0.2) is 19.2 Å². The Morgan fingerprint density at radius 1 is 0.750 bits per heavy atom. The van der Waals surface area contributed by atoms with Gasteiger partial charge in [-0.1, -0.05) is 60.7 Å². The van der Waals surface area contributed by atoms with Gasteiger partial charge in [0.05, 0.1) is 0 Å². The molecule has 2 amide bonds. The summed E-state index contributed by atoms with van der Waals surface area (Å²) < 4.78 is 12.3. The zero-order valence-corrected chi connectivity index (χ0v) is 13.9. The van der Waals surface area contributed by atoms with Gasteiger partial charge in [-0.15, -0.1) is 0 Å². The Kier molecular flexibility index (Phi) is 4.55. The lowest BCUT2D eigenvalue weighted by molar-refractivity contribution is -0.222. The highest BCUT2D eigenvalue weighted by atomic mass is 16.6. The van der Waals surface area contributed by atoms with E-state index in [4.69, 9.17) is 9.47 Å². The van der Waals surface area contributed by atoms with Crippen molar-refractivity contribution >= 4 is 6.03 Å². The van der Waals surface area contributed by atoms with E-state index in [0.29, 0.717) is 13.2 Å². The van der Waals surface area contributed by atoms with Crippen LogP contribution >= 0.6 is 0 Å². The smallest absolute Gasteiger partial charge is 0.320 e. The molecule has 0 saturated carbocycles. The van der Waals surface area contributed by atoms with Crippen LogP contribution in [0.5, 0.6) is 0 Å². The molecule has 1 saturated heterocycles. The Hall–Kier alpha value is -2.37. The fourth-order valence-electron chi connectivity index (χ4n) is 3.30. The predicted octanol–water partition coefficient (Wildman–Crippen LogP) is 3.08. The Labute approximate surface area is 142 Å². The lowest BCUT2D eigenvalue weighted by atomic mass is 9.86. The van der Waals surface area contributed by atoms with E-state index in [1.165, 1.54) is 0 Å². The molecular weight excluding hydrogens is 304 g/mol. The molecule has 0 aromatic heterocycles. The van der Waals surface area contributed by atoms with E-state index in [2.05, 4.69) is 10.6 Å². The lowest BCUT2D eigenvalue weighted by Gasteiger charge is -2.43. The summed E-state index contributed by atoms with van der Waals surface area (Å²) >= 11 is 0. The van der Waals surface area contributed by atoms with Gasteiger partial charge in [-0.25, -0.2) is 4.79 Å².